The highest BCUT2D eigenvalue weighted by Gasteiger charge is 2.30. The van der Waals surface area contributed by atoms with Gasteiger partial charge in [-0.1, -0.05) is 29.8 Å². The number of amides is 2. The molecule has 1 aliphatic heterocycles. The standard InChI is InChI=1S/C25H29N3O4/c1-4-28(30)25(29)27-15-13-20(14-16-27)24-26-22(18-9-11-21(31-3)12-10-18)23(32-24)19-7-5-17(2)6-8-19/h5-12,20,30H,4,13-16H2,1-3H3. The van der Waals surface area contributed by atoms with Crippen molar-refractivity contribution in [1.82, 2.24) is 14.9 Å². The Morgan fingerprint density at radius 3 is 2.34 bits per heavy atom. The number of hydrogen-bond acceptors (Lipinski definition) is 5. The summed E-state index contributed by atoms with van der Waals surface area (Å²) in [4.78, 5) is 18.8. The fraction of sp³-hybridized carbons (Fsp3) is 0.360. The lowest BCUT2D eigenvalue weighted by Crippen LogP contribution is -2.45. The van der Waals surface area contributed by atoms with Crippen molar-refractivity contribution in [2.75, 3.05) is 26.7 Å². The molecule has 3 aromatic rings. The normalized spacial score (nSPS) is 14.4. The molecule has 1 aromatic heterocycles. The molecule has 168 valence electrons. The van der Waals surface area contributed by atoms with Crippen LogP contribution in [0, 0.1) is 6.92 Å². The molecule has 0 radical (unpaired) electrons. The first-order chi connectivity index (χ1) is 15.5. The average molecular weight is 436 g/mol. The maximum Gasteiger partial charge on any atom is 0.343 e. The van der Waals surface area contributed by atoms with Crippen LogP contribution in [0.25, 0.3) is 22.6 Å². The number of carbonyl (C=O) groups is 1. The van der Waals surface area contributed by atoms with Gasteiger partial charge in [-0.25, -0.2) is 14.8 Å². The second-order valence-electron chi connectivity index (χ2n) is 8.08. The predicted octanol–water partition coefficient (Wildman–Crippen LogP) is 5.34. The van der Waals surface area contributed by atoms with Crippen LogP contribution in [-0.4, -0.2) is 52.9 Å². The summed E-state index contributed by atoms with van der Waals surface area (Å²) in [6, 6.07) is 15.7. The van der Waals surface area contributed by atoms with E-state index in [2.05, 4.69) is 31.2 Å². The zero-order valence-corrected chi connectivity index (χ0v) is 18.7. The fourth-order valence-corrected chi connectivity index (χ4v) is 3.97. The maximum absolute atomic E-state index is 12.2. The number of nitrogens with zero attached hydrogens (tertiary/aromatic N) is 3. The zero-order valence-electron chi connectivity index (χ0n) is 18.7. The number of piperidine rings is 1. The van der Waals surface area contributed by atoms with E-state index in [4.69, 9.17) is 14.1 Å². The van der Waals surface area contributed by atoms with Crippen LogP contribution in [0.15, 0.2) is 52.9 Å². The molecule has 2 aromatic carbocycles. The molecule has 0 bridgehead atoms. The van der Waals surface area contributed by atoms with Gasteiger partial charge in [0.15, 0.2) is 11.7 Å². The van der Waals surface area contributed by atoms with Crippen LogP contribution < -0.4 is 4.74 Å². The van der Waals surface area contributed by atoms with Crippen LogP contribution in [0.5, 0.6) is 5.75 Å². The van der Waals surface area contributed by atoms with E-state index in [0.29, 0.717) is 19.0 Å². The van der Waals surface area contributed by atoms with Crippen LogP contribution in [-0.2, 0) is 0 Å². The van der Waals surface area contributed by atoms with Gasteiger partial charge in [0.1, 0.15) is 11.4 Å². The van der Waals surface area contributed by atoms with E-state index < -0.39 is 0 Å². The summed E-state index contributed by atoms with van der Waals surface area (Å²) in [5.41, 5.74) is 3.92. The minimum absolute atomic E-state index is 0.115. The van der Waals surface area contributed by atoms with E-state index in [0.717, 1.165) is 46.2 Å². The fourth-order valence-electron chi connectivity index (χ4n) is 3.97. The number of benzene rings is 2. The molecule has 7 heteroatoms. The van der Waals surface area contributed by atoms with Gasteiger partial charge in [-0.05, 0) is 51.0 Å². The quantitative estimate of drug-likeness (QED) is 0.432. The molecule has 2 amide bonds. The molecule has 1 saturated heterocycles. The maximum atomic E-state index is 12.2. The lowest BCUT2D eigenvalue weighted by atomic mass is 9.97. The number of oxazole rings is 1. The minimum atomic E-state index is -0.349. The molecule has 1 aliphatic rings. The minimum Gasteiger partial charge on any atom is -0.497 e. The van der Waals surface area contributed by atoms with Gasteiger partial charge in [0.05, 0.1) is 7.11 Å². The van der Waals surface area contributed by atoms with Crippen LogP contribution >= 0.6 is 0 Å². The molecule has 0 saturated carbocycles. The molecular weight excluding hydrogens is 406 g/mol. The summed E-state index contributed by atoms with van der Waals surface area (Å²) in [5.74, 6) is 2.34. The van der Waals surface area contributed by atoms with Crippen LogP contribution in [0.1, 0.15) is 37.1 Å². The van der Waals surface area contributed by atoms with Crippen molar-refractivity contribution in [3.8, 4) is 28.3 Å². The third kappa shape index (κ3) is 4.48. The van der Waals surface area contributed by atoms with E-state index in [1.54, 1.807) is 18.9 Å². The topological polar surface area (TPSA) is 79.0 Å². The van der Waals surface area contributed by atoms with E-state index in [-0.39, 0.29) is 18.5 Å². The lowest BCUT2D eigenvalue weighted by Gasteiger charge is -2.32. The summed E-state index contributed by atoms with van der Waals surface area (Å²) in [7, 11) is 1.65. The van der Waals surface area contributed by atoms with Gasteiger partial charge in [-0.3, -0.25) is 5.21 Å². The second kappa shape index (κ2) is 9.44. The van der Waals surface area contributed by atoms with Crippen LogP contribution in [0.2, 0.25) is 0 Å². The van der Waals surface area contributed by atoms with Crippen LogP contribution in [0.4, 0.5) is 4.79 Å². The van der Waals surface area contributed by atoms with E-state index >= 15 is 0 Å². The van der Waals surface area contributed by atoms with Crippen molar-refractivity contribution in [2.45, 2.75) is 32.6 Å². The first kappa shape index (κ1) is 21.9. The Labute approximate surface area is 188 Å². The Kier molecular flexibility index (Phi) is 6.46. The van der Waals surface area contributed by atoms with E-state index in [1.165, 1.54) is 5.56 Å². The van der Waals surface area contributed by atoms with Crippen molar-refractivity contribution in [3.63, 3.8) is 0 Å². The van der Waals surface area contributed by atoms with Gasteiger partial charge < -0.3 is 14.1 Å². The summed E-state index contributed by atoms with van der Waals surface area (Å²) >= 11 is 0. The van der Waals surface area contributed by atoms with E-state index in [1.807, 2.05) is 24.3 Å². The Morgan fingerprint density at radius 1 is 1.12 bits per heavy atom. The third-order valence-electron chi connectivity index (χ3n) is 5.96. The Morgan fingerprint density at radius 2 is 1.75 bits per heavy atom. The Balaban J connectivity index is 1.62. The van der Waals surface area contributed by atoms with Gasteiger partial charge in [0.2, 0.25) is 0 Å². The first-order valence-electron chi connectivity index (χ1n) is 11.0. The number of ether oxygens (including phenoxy) is 1. The SMILES string of the molecule is CCN(O)C(=O)N1CCC(c2nc(-c3ccc(OC)cc3)c(-c3ccc(C)cc3)o2)CC1. The highest BCUT2D eigenvalue weighted by molar-refractivity contribution is 5.77. The van der Waals surface area contributed by atoms with Crippen LogP contribution in [0.3, 0.4) is 0 Å². The molecule has 7 nitrogen and oxygen atoms in total. The highest BCUT2D eigenvalue weighted by atomic mass is 16.5. The number of urea groups is 1. The van der Waals surface area contributed by atoms with Crippen molar-refractivity contribution >= 4 is 6.03 Å². The smallest absolute Gasteiger partial charge is 0.343 e. The largest absolute Gasteiger partial charge is 0.497 e. The summed E-state index contributed by atoms with van der Waals surface area (Å²) in [6.07, 6.45) is 1.47. The Hall–Kier alpha value is -3.32. The molecule has 1 N–H and O–H groups in total. The molecule has 32 heavy (non-hydrogen) atoms. The average Bonchev–Trinajstić information content (AvgIpc) is 3.29. The number of likely N-dealkylation sites (tertiary alicyclic amines) is 1. The van der Waals surface area contributed by atoms with Gasteiger partial charge in [0, 0.05) is 36.7 Å². The summed E-state index contributed by atoms with van der Waals surface area (Å²) < 4.78 is 11.6. The number of hydrogen-bond donors (Lipinski definition) is 1. The Bertz CT molecular complexity index is 1050. The molecule has 1 fully saturated rings. The number of hydroxylamine groups is 2. The van der Waals surface area contributed by atoms with Gasteiger partial charge in [-0.2, -0.15) is 0 Å². The number of aromatic nitrogens is 1. The molecule has 0 aliphatic carbocycles. The monoisotopic (exact) mass is 435 g/mol. The number of rotatable bonds is 5. The second-order valence-corrected chi connectivity index (χ2v) is 8.08. The molecule has 2 heterocycles. The molecule has 0 spiro atoms. The molecule has 0 atom stereocenters. The lowest BCUT2D eigenvalue weighted by molar-refractivity contribution is -0.0543. The summed E-state index contributed by atoms with van der Waals surface area (Å²) in [5, 5.41) is 10.5. The first-order valence-corrected chi connectivity index (χ1v) is 11.0. The van der Waals surface area contributed by atoms with Crippen molar-refractivity contribution in [3.05, 3.63) is 60.0 Å². The number of methoxy groups -OCH3 is 1. The van der Waals surface area contributed by atoms with Crippen molar-refractivity contribution in [1.29, 1.82) is 0 Å². The summed E-state index contributed by atoms with van der Waals surface area (Å²) in [6.45, 7) is 5.18. The predicted molar refractivity (Wildman–Crippen MR) is 122 cm³/mol. The van der Waals surface area contributed by atoms with Gasteiger partial charge >= 0.3 is 6.03 Å². The van der Waals surface area contributed by atoms with Crippen molar-refractivity contribution < 1.29 is 19.2 Å². The highest BCUT2D eigenvalue weighted by Crippen LogP contribution is 2.38. The van der Waals surface area contributed by atoms with Gasteiger partial charge in [-0.15, -0.1) is 0 Å². The molecule has 0 unspecified atom stereocenters. The van der Waals surface area contributed by atoms with Gasteiger partial charge in [0.25, 0.3) is 0 Å². The van der Waals surface area contributed by atoms with E-state index in [9.17, 15) is 10.0 Å². The molecular formula is C25H29N3O4. The zero-order chi connectivity index (χ0) is 22.7. The third-order valence-corrected chi connectivity index (χ3v) is 5.96. The molecule has 4 rings (SSSR count). The number of aryl methyl sites for hydroxylation is 1. The van der Waals surface area contributed by atoms with Crippen molar-refractivity contribution in [2.24, 2.45) is 0 Å². The number of carbonyl (C=O) groups excluding carboxylic acids is 1.